The molecule has 2 rings (SSSR count). The highest BCUT2D eigenvalue weighted by atomic mass is 16.6. The van der Waals surface area contributed by atoms with Crippen molar-refractivity contribution in [2.24, 2.45) is 0 Å². The topological polar surface area (TPSA) is 55.9 Å². The molecule has 140 valence electrons. The predicted octanol–water partition coefficient (Wildman–Crippen LogP) is 2.77. The molecule has 1 aliphatic heterocycles. The molecule has 1 saturated heterocycles. The lowest BCUT2D eigenvalue weighted by Gasteiger charge is -2.28. The molecule has 0 bridgehead atoms. The van der Waals surface area contributed by atoms with Gasteiger partial charge in [0.15, 0.2) is 5.75 Å². The van der Waals surface area contributed by atoms with Crippen LogP contribution in [0.4, 0.5) is 5.69 Å². The molecule has 0 unspecified atom stereocenters. The molecule has 0 aliphatic carbocycles. The second-order valence-electron chi connectivity index (χ2n) is 6.77. The van der Waals surface area contributed by atoms with Crippen molar-refractivity contribution in [3.63, 3.8) is 0 Å². The number of ether oxygens (including phenoxy) is 2. The highest BCUT2D eigenvalue weighted by Gasteiger charge is 2.18. The van der Waals surface area contributed by atoms with E-state index in [4.69, 9.17) is 9.47 Å². The van der Waals surface area contributed by atoms with Gasteiger partial charge in [-0.3, -0.25) is 4.90 Å². The normalized spacial score (nSPS) is 17.3. The maximum atomic E-state index is 10.1. The lowest BCUT2D eigenvalue weighted by molar-refractivity contribution is -0.384. The van der Waals surface area contributed by atoms with Gasteiger partial charge in [0.1, 0.15) is 6.10 Å². The molecule has 5 nitrogen and oxygen atoms in total. The molecule has 1 atom stereocenters. The summed E-state index contributed by atoms with van der Waals surface area (Å²) >= 11 is 0. The number of rotatable bonds is 9. The maximum absolute atomic E-state index is 10.1. The minimum atomic E-state index is -0.172. The summed E-state index contributed by atoms with van der Waals surface area (Å²) < 4.78 is 11.4. The molecule has 2 N–H and O–H groups in total. The van der Waals surface area contributed by atoms with E-state index in [0.717, 1.165) is 43.9 Å². The summed E-state index contributed by atoms with van der Waals surface area (Å²) in [6.45, 7) is 7.91. The third-order valence-corrected chi connectivity index (χ3v) is 4.41. The molecule has 0 aromatic heterocycles. The Morgan fingerprint density at radius 1 is 1.20 bits per heavy atom. The minimum Gasteiger partial charge on any atom is -0.487 e. The highest BCUT2D eigenvalue weighted by molar-refractivity contribution is 5.60. The Balaban J connectivity index is 1.87. The van der Waals surface area contributed by atoms with Gasteiger partial charge in [0, 0.05) is 12.6 Å². The van der Waals surface area contributed by atoms with Crippen LogP contribution in [-0.4, -0.2) is 48.4 Å². The van der Waals surface area contributed by atoms with Gasteiger partial charge < -0.3 is 14.6 Å². The standard InChI is InChI=1S/C20H32N2O3/c1-3-4-10-15-24-19-12-7-6-11-18(19)21-20(23)25-17(2)16-22-13-8-5-9-14-22/h6-7,11-12,17H,3-5,8-10,13-16H2,1-2H3,(H,21,23)/p+1/t17-/m1/s1. The summed E-state index contributed by atoms with van der Waals surface area (Å²) in [6, 6.07) is 7.62. The fourth-order valence-electron chi connectivity index (χ4n) is 3.11. The largest absolute Gasteiger partial charge is 0.551 e. The van der Waals surface area contributed by atoms with Crippen LogP contribution in [-0.2, 0) is 4.74 Å². The number of aliphatic hydroxyl groups excluding tert-OH is 1. The summed E-state index contributed by atoms with van der Waals surface area (Å²) in [5.74, 6) is 0.734. The molecule has 1 aliphatic rings. The maximum Gasteiger partial charge on any atom is 0.551 e. The Morgan fingerprint density at radius 2 is 1.96 bits per heavy atom. The van der Waals surface area contributed by atoms with E-state index in [1.165, 1.54) is 25.7 Å². The van der Waals surface area contributed by atoms with Crippen molar-refractivity contribution in [2.45, 2.75) is 58.5 Å². The quantitative estimate of drug-likeness (QED) is 0.409. The van der Waals surface area contributed by atoms with Gasteiger partial charge in [0.05, 0.1) is 6.61 Å². The van der Waals surface area contributed by atoms with Crippen molar-refractivity contribution >= 4 is 11.8 Å². The van der Waals surface area contributed by atoms with Gasteiger partial charge in [-0.1, -0.05) is 38.3 Å². The van der Waals surface area contributed by atoms with Crippen molar-refractivity contribution in [1.29, 1.82) is 0 Å². The van der Waals surface area contributed by atoms with E-state index in [1.807, 2.05) is 31.2 Å². The van der Waals surface area contributed by atoms with E-state index in [0.29, 0.717) is 6.61 Å². The third-order valence-electron chi connectivity index (χ3n) is 4.41. The Morgan fingerprint density at radius 3 is 2.72 bits per heavy atom. The van der Waals surface area contributed by atoms with Crippen molar-refractivity contribution in [3.05, 3.63) is 24.3 Å². The Kier molecular flexibility index (Phi) is 8.60. The van der Waals surface area contributed by atoms with Crippen LogP contribution in [0.2, 0.25) is 0 Å². The molecule has 25 heavy (non-hydrogen) atoms. The molecular formula is C20H33N2O3+. The van der Waals surface area contributed by atoms with E-state index in [-0.39, 0.29) is 12.2 Å². The van der Waals surface area contributed by atoms with Gasteiger partial charge in [-0.15, -0.1) is 4.99 Å². The number of likely N-dealkylation sites (tertiary alicyclic amines) is 1. The molecule has 0 radical (unpaired) electrons. The zero-order valence-electron chi connectivity index (χ0n) is 15.7. The van der Waals surface area contributed by atoms with E-state index < -0.39 is 0 Å². The number of hydrogen-bond donors (Lipinski definition) is 2. The van der Waals surface area contributed by atoms with Crippen LogP contribution >= 0.6 is 0 Å². The zero-order valence-corrected chi connectivity index (χ0v) is 15.7. The number of para-hydroxylation sites is 2. The molecule has 1 aromatic rings. The zero-order chi connectivity index (χ0) is 17.9. The minimum absolute atomic E-state index is 0.0664. The number of piperidine rings is 1. The van der Waals surface area contributed by atoms with Gasteiger partial charge in [-0.25, -0.2) is 0 Å². The summed E-state index contributed by atoms with van der Waals surface area (Å²) in [5, 5.41) is 10.1. The molecule has 1 heterocycles. The first kappa shape index (κ1) is 19.6. The molecule has 5 heteroatoms. The summed E-state index contributed by atoms with van der Waals surface area (Å²) in [7, 11) is 0. The fourth-order valence-corrected chi connectivity index (χ4v) is 3.11. The first-order valence-corrected chi connectivity index (χ1v) is 9.62. The Bertz CT molecular complexity index is 527. The van der Waals surface area contributed by atoms with Crippen LogP contribution in [0, 0.1) is 0 Å². The van der Waals surface area contributed by atoms with Gasteiger partial charge in [-0.05, 0) is 45.3 Å². The average Bonchev–Trinajstić information content (AvgIpc) is 2.60. The lowest BCUT2D eigenvalue weighted by Crippen LogP contribution is -2.67. The van der Waals surface area contributed by atoms with E-state index in [9.17, 15) is 5.11 Å². The van der Waals surface area contributed by atoms with E-state index >= 15 is 0 Å². The van der Waals surface area contributed by atoms with Crippen LogP contribution < -0.4 is 9.73 Å². The molecule has 0 saturated carbocycles. The van der Waals surface area contributed by atoms with Crippen LogP contribution in [0.1, 0.15) is 52.4 Å². The third kappa shape index (κ3) is 7.34. The number of unbranched alkanes of at least 4 members (excludes halogenated alkanes) is 2. The predicted molar refractivity (Wildman–Crippen MR) is 101 cm³/mol. The molecular weight excluding hydrogens is 316 g/mol. The van der Waals surface area contributed by atoms with Crippen LogP contribution in [0.25, 0.3) is 0 Å². The van der Waals surface area contributed by atoms with Gasteiger partial charge in [0.25, 0.3) is 5.69 Å². The smallest absolute Gasteiger partial charge is 0.487 e. The van der Waals surface area contributed by atoms with Gasteiger partial charge in [-0.2, -0.15) is 0 Å². The first-order chi connectivity index (χ1) is 12.2. The van der Waals surface area contributed by atoms with Gasteiger partial charge in [0.2, 0.25) is 0 Å². The fraction of sp³-hybridized carbons (Fsp3) is 0.650. The number of nitrogens with zero attached hydrogens (tertiary/aromatic N) is 1. The summed E-state index contributed by atoms with van der Waals surface area (Å²) in [5.41, 5.74) is 0.724. The number of aliphatic hydroxyl groups is 1. The van der Waals surface area contributed by atoms with E-state index in [1.54, 1.807) is 0 Å². The van der Waals surface area contributed by atoms with Crippen LogP contribution in [0.5, 0.6) is 5.75 Å². The molecule has 0 amide bonds. The lowest BCUT2D eigenvalue weighted by atomic mass is 10.1. The van der Waals surface area contributed by atoms with Crippen molar-refractivity contribution in [3.8, 4) is 5.75 Å². The Labute approximate surface area is 151 Å². The van der Waals surface area contributed by atoms with Crippen LogP contribution in [0.15, 0.2) is 24.3 Å². The summed E-state index contributed by atoms with van der Waals surface area (Å²) in [4.78, 5) is 5.32. The second kappa shape index (κ2) is 11.0. The van der Waals surface area contributed by atoms with Crippen LogP contribution in [0.3, 0.4) is 0 Å². The second-order valence-corrected chi connectivity index (χ2v) is 6.77. The summed E-state index contributed by atoms with van der Waals surface area (Å²) in [6.07, 6.45) is 6.94. The number of nitrogens with one attached hydrogen (secondary N) is 1. The molecule has 1 fully saturated rings. The molecule has 1 aromatic carbocycles. The average molecular weight is 349 g/mol. The van der Waals surface area contributed by atoms with Gasteiger partial charge >= 0.3 is 6.08 Å². The number of hydrogen-bond acceptors (Lipinski definition) is 3. The Hall–Kier alpha value is -1.75. The SMILES string of the molecule is CCCCCOc1ccccc1[NH+]=C(O)O[C@H](C)CN1CCCCC1. The van der Waals surface area contributed by atoms with Crippen molar-refractivity contribution in [2.75, 3.05) is 26.2 Å². The van der Waals surface area contributed by atoms with Crippen molar-refractivity contribution in [1.82, 2.24) is 4.90 Å². The first-order valence-electron chi connectivity index (χ1n) is 9.62. The number of benzene rings is 1. The highest BCUT2D eigenvalue weighted by Crippen LogP contribution is 2.18. The molecule has 0 spiro atoms. The van der Waals surface area contributed by atoms with E-state index in [2.05, 4.69) is 16.8 Å². The monoisotopic (exact) mass is 349 g/mol. The van der Waals surface area contributed by atoms with Crippen molar-refractivity contribution < 1.29 is 19.6 Å².